The fourth-order valence-electron chi connectivity index (χ4n) is 2.96. The maximum atomic E-state index is 2.41. The standard InChI is InChI=1S/C18H26/c1-14-6-5-7-16(11-8-14)18(3,4)17-12-9-15(2)10-13-17/h5-7,9-10,12,14,17H,8,11,13H2,1-4H3. The third-order valence-electron chi connectivity index (χ3n) is 4.65. The van der Waals surface area contributed by atoms with E-state index in [0.717, 1.165) is 5.92 Å². The number of allylic oxidation sites excluding steroid dienone is 8. The first-order valence-corrected chi connectivity index (χ1v) is 7.23. The van der Waals surface area contributed by atoms with Crippen molar-refractivity contribution in [3.63, 3.8) is 0 Å². The lowest BCUT2D eigenvalue weighted by molar-refractivity contribution is 0.307. The Labute approximate surface area is 112 Å². The Kier molecular flexibility index (Phi) is 3.94. The lowest BCUT2D eigenvalue weighted by atomic mass is 9.68. The Hall–Kier alpha value is -1.04. The lowest BCUT2D eigenvalue weighted by Gasteiger charge is -2.36. The molecule has 0 nitrogen and oxygen atoms in total. The molecule has 0 fully saturated rings. The van der Waals surface area contributed by atoms with Gasteiger partial charge in [-0.25, -0.2) is 0 Å². The maximum Gasteiger partial charge on any atom is -0.00757 e. The molecule has 0 aliphatic heterocycles. The lowest BCUT2D eigenvalue weighted by Crippen LogP contribution is -2.26. The molecule has 0 aromatic rings. The molecular formula is C18H26. The quantitative estimate of drug-likeness (QED) is 0.604. The van der Waals surface area contributed by atoms with Crippen molar-refractivity contribution >= 4 is 0 Å². The van der Waals surface area contributed by atoms with Crippen LogP contribution >= 0.6 is 0 Å². The molecule has 0 saturated carbocycles. The van der Waals surface area contributed by atoms with E-state index >= 15 is 0 Å². The second kappa shape index (κ2) is 5.30. The van der Waals surface area contributed by atoms with Crippen LogP contribution in [0.5, 0.6) is 0 Å². The summed E-state index contributed by atoms with van der Waals surface area (Å²) in [5, 5.41) is 0. The van der Waals surface area contributed by atoms with Gasteiger partial charge < -0.3 is 0 Å². The van der Waals surface area contributed by atoms with Crippen molar-refractivity contribution in [2.45, 2.75) is 47.0 Å². The van der Waals surface area contributed by atoms with Crippen molar-refractivity contribution in [1.29, 1.82) is 0 Å². The molecule has 98 valence electrons. The highest BCUT2D eigenvalue weighted by Crippen LogP contribution is 2.42. The van der Waals surface area contributed by atoms with Crippen molar-refractivity contribution < 1.29 is 0 Å². The Bertz CT molecular complexity index is 415. The minimum absolute atomic E-state index is 0.280. The second-order valence-corrected chi connectivity index (χ2v) is 6.46. The SMILES string of the molecule is CC1=CCC(C(C)(C)C2=CC=CC(C)CC2)C=C1. The van der Waals surface area contributed by atoms with E-state index in [-0.39, 0.29) is 5.41 Å². The molecule has 0 amide bonds. The molecule has 0 bridgehead atoms. The van der Waals surface area contributed by atoms with Crippen molar-refractivity contribution in [2.75, 3.05) is 0 Å². The van der Waals surface area contributed by atoms with Gasteiger partial charge in [-0.3, -0.25) is 0 Å². The van der Waals surface area contributed by atoms with Gasteiger partial charge in [-0.15, -0.1) is 0 Å². The minimum atomic E-state index is 0.280. The molecule has 0 N–H and O–H groups in total. The van der Waals surface area contributed by atoms with Gasteiger partial charge in [0.2, 0.25) is 0 Å². The molecule has 2 aliphatic rings. The van der Waals surface area contributed by atoms with E-state index < -0.39 is 0 Å². The van der Waals surface area contributed by atoms with E-state index in [0.29, 0.717) is 5.92 Å². The maximum absolute atomic E-state index is 2.41. The molecule has 2 unspecified atom stereocenters. The second-order valence-electron chi connectivity index (χ2n) is 6.46. The van der Waals surface area contributed by atoms with Gasteiger partial charge in [0, 0.05) is 0 Å². The monoisotopic (exact) mass is 242 g/mol. The van der Waals surface area contributed by atoms with E-state index in [4.69, 9.17) is 0 Å². The molecule has 0 aromatic carbocycles. The third kappa shape index (κ3) is 2.85. The van der Waals surface area contributed by atoms with Crippen LogP contribution in [0.3, 0.4) is 0 Å². The van der Waals surface area contributed by atoms with Gasteiger partial charge in [0.1, 0.15) is 0 Å². The first kappa shape index (κ1) is 13.4. The van der Waals surface area contributed by atoms with Gasteiger partial charge in [-0.1, -0.05) is 68.4 Å². The summed E-state index contributed by atoms with van der Waals surface area (Å²) in [5.41, 5.74) is 3.30. The minimum Gasteiger partial charge on any atom is -0.0817 e. The summed E-state index contributed by atoms with van der Waals surface area (Å²) in [7, 11) is 0. The summed E-state index contributed by atoms with van der Waals surface area (Å²) in [6, 6.07) is 0. The predicted octanol–water partition coefficient (Wildman–Crippen LogP) is 5.45. The van der Waals surface area contributed by atoms with Crippen LogP contribution in [-0.4, -0.2) is 0 Å². The number of rotatable bonds is 2. The largest absolute Gasteiger partial charge is 0.0817 e. The highest BCUT2D eigenvalue weighted by atomic mass is 14.4. The summed E-state index contributed by atoms with van der Waals surface area (Å²) in [6.45, 7) is 9.32. The molecule has 2 atom stereocenters. The fourth-order valence-corrected chi connectivity index (χ4v) is 2.96. The topological polar surface area (TPSA) is 0 Å². The van der Waals surface area contributed by atoms with Crippen LogP contribution in [0.25, 0.3) is 0 Å². The van der Waals surface area contributed by atoms with Crippen molar-refractivity contribution in [3.8, 4) is 0 Å². The van der Waals surface area contributed by atoms with Crippen LogP contribution in [0.1, 0.15) is 47.0 Å². The molecule has 0 spiro atoms. The van der Waals surface area contributed by atoms with E-state index in [1.54, 1.807) is 5.57 Å². The van der Waals surface area contributed by atoms with Crippen LogP contribution in [0.15, 0.2) is 47.6 Å². The van der Waals surface area contributed by atoms with E-state index in [2.05, 4.69) is 64.2 Å². The normalized spacial score (nSPS) is 28.7. The zero-order valence-corrected chi connectivity index (χ0v) is 12.2. The Morgan fingerprint density at radius 1 is 1.22 bits per heavy atom. The van der Waals surface area contributed by atoms with Crippen LogP contribution in [0, 0.1) is 17.3 Å². The van der Waals surface area contributed by atoms with Crippen LogP contribution in [0.2, 0.25) is 0 Å². The van der Waals surface area contributed by atoms with E-state index in [1.807, 2.05) is 0 Å². The fraction of sp³-hybridized carbons (Fsp3) is 0.556. The molecule has 2 rings (SSSR count). The summed E-state index contributed by atoms with van der Waals surface area (Å²) in [5.74, 6) is 1.37. The first-order valence-electron chi connectivity index (χ1n) is 7.23. The van der Waals surface area contributed by atoms with E-state index in [9.17, 15) is 0 Å². The summed E-state index contributed by atoms with van der Waals surface area (Å²) >= 11 is 0. The molecule has 0 aromatic heterocycles. The first-order chi connectivity index (χ1) is 8.50. The van der Waals surface area contributed by atoms with Gasteiger partial charge in [0.05, 0.1) is 0 Å². The Morgan fingerprint density at radius 2 is 2.00 bits per heavy atom. The van der Waals surface area contributed by atoms with Crippen LogP contribution in [0.4, 0.5) is 0 Å². The van der Waals surface area contributed by atoms with Crippen LogP contribution in [-0.2, 0) is 0 Å². The van der Waals surface area contributed by atoms with Crippen molar-refractivity contribution in [1.82, 2.24) is 0 Å². The van der Waals surface area contributed by atoms with E-state index in [1.165, 1.54) is 24.8 Å². The summed E-state index contributed by atoms with van der Waals surface area (Å²) < 4.78 is 0. The molecule has 0 saturated heterocycles. The van der Waals surface area contributed by atoms with Crippen molar-refractivity contribution in [3.05, 3.63) is 47.6 Å². The smallest absolute Gasteiger partial charge is 0.00757 e. The highest BCUT2D eigenvalue weighted by molar-refractivity contribution is 5.29. The predicted molar refractivity (Wildman–Crippen MR) is 80.4 cm³/mol. The Balaban J connectivity index is 2.14. The van der Waals surface area contributed by atoms with Gasteiger partial charge >= 0.3 is 0 Å². The number of hydrogen-bond donors (Lipinski definition) is 0. The van der Waals surface area contributed by atoms with Gasteiger partial charge in [0.25, 0.3) is 0 Å². The van der Waals surface area contributed by atoms with Gasteiger partial charge in [-0.2, -0.15) is 0 Å². The molecule has 2 aliphatic carbocycles. The number of hydrogen-bond acceptors (Lipinski definition) is 0. The zero-order chi connectivity index (χ0) is 13.2. The molecule has 0 heterocycles. The van der Waals surface area contributed by atoms with Gasteiger partial charge in [0.15, 0.2) is 0 Å². The Morgan fingerprint density at radius 3 is 2.67 bits per heavy atom. The molecular weight excluding hydrogens is 216 g/mol. The molecule has 0 radical (unpaired) electrons. The molecule has 18 heavy (non-hydrogen) atoms. The summed E-state index contributed by atoms with van der Waals surface area (Å²) in [4.78, 5) is 0. The average molecular weight is 242 g/mol. The third-order valence-corrected chi connectivity index (χ3v) is 4.65. The molecule has 0 heteroatoms. The zero-order valence-electron chi connectivity index (χ0n) is 12.2. The average Bonchev–Trinajstić information content (AvgIpc) is 2.55. The van der Waals surface area contributed by atoms with Gasteiger partial charge in [-0.05, 0) is 43.4 Å². The van der Waals surface area contributed by atoms with Crippen LogP contribution < -0.4 is 0 Å². The highest BCUT2D eigenvalue weighted by Gasteiger charge is 2.31. The summed E-state index contributed by atoms with van der Waals surface area (Å²) in [6.07, 6.45) is 17.8. The van der Waals surface area contributed by atoms with Crippen molar-refractivity contribution in [2.24, 2.45) is 17.3 Å².